The molecule has 3 nitrogen and oxygen atoms in total. The lowest BCUT2D eigenvalue weighted by Gasteiger charge is -1.92. The summed E-state index contributed by atoms with van der Waals surface area (Å²) in [6.07, 6.45) is 2.71. The number of hydrogen-bond acceptors (Lipinski definition) is 3. The Morgan fingerprint density at radius 2 is 2.17 bits per heavy atom. The van der Waals surface area contributed by atoms with E-state index in [0.29, 0.717) is 0 Å². The molecule has 3 heteroatoms. The average Bonchev–Trinajstić information content (AvgIpc) is 2.51. The summed E-state index contributed by atoms with van der Waals surface area (Å²) in [6, 6.07) is 5.84. The third-order valence-electron chi connectivity index (χ3n) is 1.70. The minimum absolute atomic E-state index is 0.794. The number of aromatic nitrogens is 2. The van der Waals surface area contributed by atoms with Crippen LogP contribution in [0.3, 0.4) is 0 Å². The smallest absolute Gasteiger partial charge is 0.135 e. The molecule has 0 atom stereocenters. The Kier molecular flexibility index (Phi) is 1.63. The first-order chi connectivity index (χ1) is 5.90. The largest absolute Gasteiger partial charge is 0.243 e. The van der Waals surface area contributed by atoms with Gasteiger partial charge in [-0.3, -0.25) is 0 Å². The Balaban J connectivity index is 2.52. The molecular weight excluding hydrogens is 152 g/mol. The molecule has 2 aromatic rings. The molecule has 2 rings (SSSR count). The van der Waals surface area contributed by atoms with Gasteiger partial charge < -0.3 is 0 Å². The van der Waals surface area contributed by atoms with Crippen molar-refractivity contribution in [1.29, 1.82) is 0 Å². The van der Waals surface area contributed by atoms with Crippen LogP contribution in [0.15, 0.2) is 35.5 Å². The zero-order valence-corrected chi connectivity index (χ0v) is 6.53. The van der Waals surface area contributed by atoms with Crippen LogP contribution in [0.4, 0.5) is 0 Å². The van der Waals surface area contributed by atoms with Gasteiger partial charge in [0.25, 0.3) is 0 Å². The first-order valence-electron chi connectivity index (χ1n) is 3.72. The fourth-order valence-electron chi connectivity index (χ4n) is 1.12. The first-order valence-corrected chi connectivity index (χ1v) is 3.72. The van der Waals surface area contributed by atoms with Crippen molar-refractivity contribution in [2.45, 2.75) is 6.42 Å². The van der Waals surface area contributed by atoms with Crippen LogP contribution in [0.2, 0.25) is 0 Å². The van der Waals surface area contributed by atoms with Crippen molar-refractivity contribution in [1.82, 2.24) is 10.3 Å². The number of hydrogen-bond donors (Lipinski definition) is 0. The third kappa shape index (κ3) is 1.09. The summed E-state index contributed by atoms with van der Waals surface area (Å²) in [6.45, 7) is 3.66. The Labute approximate surface area is 69.7 Å². The maximum absolute atomic E-state index is 4.57. The van der Waals surface area contributed by atoms with E-state index in [9.17, 15) is 0 Å². The van der Waals surface area contributed by atoms with Crippen LogP contribution in [0, 0.1) is 0 Å². The molecule has 0 radical (unpaired) electrons. The summed E-state index contributed by atoms with van der Waals surface area (Å²) < 4.78 is 4.57. The first kappa shape index (κ1) is 7.03. The average molecular weight is 160 g/mol. The molecule has 0 bridgehead atoms. The van der Waals surface area contributed by atoms with E-state index in [0.717, 1.165) is 17.5 Å². The number of allylic oxidation sites excluding steroid dienone is 1. The molecule has 0 fully saturated rings. The van der Waals surface area contributed by atoms with Gasteiger partial charge in [-0.2, -0.15) is 0 Å². The number of rotatable bonds is 2. The van der Waals surface area contributed by atoms with Gasteiger partial charge in [0.05, 0.1) is 0 Å². The van der Waals surface area contributed by atoms with Gasteiger partial charge in [0, 0.05) is 0 Å². The van der Waals surface area contributed by atoms with Crippen LogP contribution in [0.5, 0.6) is 0 Å². The van der Waals surface area contributed by atoms with Gasteiger partial charge in [-0.15, -0.1) is 6.58 Å². The number of fused-ring (bicyclic) bond motifs is 1. The van der Waals surface area contributed by atoms with Gasteiger partial charge in [0.15, 0.2) is 0 Å². The van der Waals surface area contributed by atoms with Crippen molar-refractivity contribution in [3.05, 3.63) is 36.4 Å². The van der Waals surface area contributed by atoms with E-state index >= 15 is 0 Å². The maximum Gasteiger partial charge on any atom is 0.135 e. The lowest BCUT2D eigenvalue weighted by Crippen LogP contribution is -1.79. The molecule has 0 saturated heterocycles. The highest BCUT2D eigenvalue weighted by molar-refractivity contribution is 5.73. The van der Waals surface area contributed by atoms with Gasteiger partial charge in [-0.05, 0) is 34.4 Å². The van der Waals surface area contributed by atoms with Gasteiger partial charge in [-0.1, -0.05) is 12.1 Å². The van der Waals surface area contributed by atoms with E-state index in [-0.39, 0.29) is 0 Å². The van der Waals surface area contributed by atoms with Gasteiger partial charge in [0.2, 0.25) is 0 Å². The predicted molar refractivity (Wildman–Crippen MR) is 45.7 cm³/mol. The Hall–Kier alpha value is -1.64. The van der Waals surface area contributed by atoms with Crippen molar-refractivity contribution >= 4 is 11.0 Å². The SMILES string of the molecule is C=CCc1ccc2nonc2c1. The van der Waals surface area contributed by atoms with Gasteiger partial charge in [0.1, 0.15) is 11.0 Å². The zero-order valence-electron chi connectivity index (χ0n) is 6.53. The second-order valence-corrected chi connectivity index (χ2v) is 2.58. The fourth-order valence-corrected chi connectivity index (χ4v) is 1.12. The van der Waals surface area contributed by atoms with Crippen molar-refractivity contribution < 1.29 is 4.63 Å². The number of benzene rings is 1. The quantitative estimate of drug-likeness (QED) is 0.630. The molecular formula is C9H8N2O. The minimum atomic E-state index is 0.794. The predicted octanol–water partition coefficient (Wildman–Crippen LogP) is 1.95. The molecule has 1 aromatic heterocycles. The Morgan fingerprint density at radius 1 is 1.33 bits per heavy atom. The normalized spacial score (nSPS) is 10.3. The van der Waals surface area contributed by atoms with E-state index in [4.69, 9.17) is 0 Å². The van der Waals surface area contributed by atoms with Crippen LogP contribution >= 0.6 is 0 Å². The van der Waals surface area contributed by atoms with Crippen molar-refractivity contribution in [2.24, 2.45) is 0 Å². The highest BCUT2D eigenvalue weighted by Crippen LogP contribution is 2.11. The van der Waals surface area contributed by atoms with E-state index in [1.165, 1.54) is 5.56 Å². The number of nitrogens with zero attached hydrogens (tertiary/aromatic N) is 2. The van der Waals surface area contributed by atoms with Gasteiger partial charge >= 0.3 is 0 Å². The highest BCUT2D eigenvalue weighted by Gasteiger charge is 1.99. The summed E-state index contributed by atoms with van der Waals surface area (Å²) in [5.41, 5.74) is 2.77. The Bertz CT molecular complexity index is 406. The zero-order chi connectivity index (χ0) is 8.39. The molecule has 0 aliphatic heterocycles. The lowest BCUT2D eigenvalue weighted by atomic mass is 10.1. The molecule has 60 valence electrons. The van der Waals surface area contributed by atoms with Crippen molar-refractivity contribution in [3.8, 4) is 0 Å². The molecule has 0 aliphatic rings. The fraction of sp³-hybridized carbons (Fsp3) is 0.111. The monoisotopic (exact) mass is 160 g/mol. The van der Waals surface area contributed by atoms with Crippen LogP contribution in [0.1, 0.15) is 5.56 Å². The molecule has 0 saturated carbocycles. The van der Waals surface area contributed by atoms with Crippen LogP contribution in [0.25, 0.3) is 11.0 Å². The van der Waals surface area contributed by atoms with Crippen molar-refractivity contribution in [2.75, 3.05) is 0 Å². The third-order valence-corrected chi connectivity index (χ3v) is 1.70. The summed E-state index contributed by atoms with van der Waals surface area (Å²) in [5.74, 6) is 0. The molecule has 0 aliphatic carbocycles. The molecule has 0 unspecified atom stereocenters. The highest BCUT2D eigenvalue weighted by atomic mass is 16.6. The van der Waals surface area contributed by atoms with E-state index in [1.807, 2.05) is 24.3 Å². The molecule has 1 aromatic carbocycles. The second-order valence-electron chi connectivity index (χ2n) is 2.58. The molecule has 0 N–H and O–H groups in total. The molecule has 0 amide bonds. The molecule has 1 heterocycles. The van der Waals surface area contributed by atoms with Crippen molar-refractivity contribution in [3.63, 3.8) is 0 Å². The summed E-state index contributed by atoms with van der Waals surface area (Å²) in [7, 11) is 0. The summed E-state index contributed by atoms with van der Waals surface area (Å²) >= 11 is 0. The maximum atomic E-state index is 4.57. The molecule has 12 heavy (non-hydrogen) atoms. The Morgan fingerprint density at radius 3 is 3.00 bits per heavy atom. The van der Waals surface area contributed by atoms with Crippen LogP contribution < -0.4 is 0 Å². The lowest BCUT2D eigenvalue weighted by molar-refractivity contribution is 0.315. The molecule has 0 spiro atoms. The second kappa shape index (κ2) is 2.77. The summed E-state index contributed by atoms with van der Waals surface area (Å²) in [4.78, 5) is 0. The van der Waals surface area contributed by atoms with Crippen LogP contribution in [-0.2, 0) is 6.42 Å². The standard InChI is InChI=1S/C9H8N2O/c1-2-3-7-4-5-8-9(6-7)11-12-10-8/h2,4-6H,1,3H2. The van der Waals surface area contributed by atoms with Gasteiger partial charge in [-0.25, -0.2) is 4.63 Å². The minimum Gasteiger partial charge on any atom is -0.243 e. The van der Waals surface area contributed by atoms with E-state index in [1.54, 1.807) is 0 Å². The van der Waals surface area contributed by atoms with E-state index < -0.39 is 0 Å². The van der Waals surface area contributed by atoms with Crippen LogP contribution in [-0.4, -0.2) is 10.3 Å². The topological polar surface area (TPSA) is 38.9 Å². The van der Waals surface area contributed by atoms with E-state index in [2.05, 4.69) is 21.5 Å². The summed E-state index contributed by atoms with van der Waals surface area (Å²) in [5, 5.41) is 7.45.